The van der Waals surface area contributed by atoms with Gasteiger partial charge in [-0.2, -0.15) is 17.5 Å². The minimum atomic E-state index is -5.32. The van der Waals surface area contributed by atoms with Crippen LogP contribution in [0.5, 0.6) is 0 Å². The normalized spacial score (nSPS) is 17.9. The molecule has 180 valence electrons. The number of benzene rings is 1. The van der Waals surface area contributed by atoms with Crippen molar-refractivity contribution < 1.29 is 26.0 Å². The van der Waals surface area contributed by atoms with E-state index >= 15 is 0 Å². The fraction of sp³-hybridized carbons (Fsp3) is 0.650. The van der Waals surface area contributed by atoms with E-state index in [4.69, 9.17) is 9.41 Å². The van der Waals surface area contributed by atoms with E-state index in [1.165, 1.54) is 0 Å². The SMILES string of the molecule is CC(C)(C)[Si](C)(C)OCc1nc2ccc(Br)cc2n1C1CCN(S(=O)(=O)C(F)(F)F)CC1. The summed E-state index contributed by atoms with van der Waals surface area (Å²) in [5.41, 5.74) is -3.66. The van der Waals surface area contributed by atoms with Crippen LogP contribution in [0.3, 0.4) is 0 Å². The molecule has 0 saturated carbocycles. The summed E-state index contributed by atoms with van der Waals surface area (Å²) in [5, 5.41) is 0.0180. The fourth-order valence-corrected chi connectivity index (χ4v) is 5.83. The number of alkyl halides is 3. The zero-order chi connectivity index (χ0) is 24.1. The first kappa shape index (κ1) is 25.7. The zero-order valence-electron chi connectivity index (χ0n) is 18.8. The lowest BCUT2D eigenvalue weighted by Crippen LogP contribution is -2.45. The topological polar surface area (TPSA) is 64.4 Å². The smallest absolute Gasteiger partial charge is 0.409 e. The van der Waals surface area contributed by atoms with Gasteiger partial charge in [0.1, 0.15) is 5.82 Å². The molecular formula is C20H29BrF3N3O3SSi. The molecule has 6 nitrogen and oxygen atoms in total. The lowest BCUT2D eigenvalue weighted by molar-refractivity contribution is -0.0496. The van der Waals surface area contributed by atoms with Crippen LogP contribution in [-0.2, 0) is 21.1 Å². The highest BCUT2D eigenvalue weighted by molar-refractivity contribution is 9.10. The predicted molar refractivity (Wildman–Crippen MR) is 124 cm³/mol. The minimum Gasteiger partial charge on any atom is -0.409 e. The van der Waals surface area contributed by atoms with Crippen molar-refractivity contribution in [1.82, 2.24) is 13.9 Å². The molecule has 32 heavy (non-hydrogen) atoms. The first-order valence-corrected chi connectivity index (χ1v) is 15.6. The molecule has 0 unspecified atom stereocenters. The minimum absolute atomic E-state index is 0.0180. The fourth-order valence-electron chi connectivity index (χ4n) is 3.57. The molecule has 1 saturated heterocycles. The zero-order valence-corrected chi connectivity index (χ0v) is 22.2. The molecule has 0 aliphatic carbocycles. The quantitative estimate of drug-likeness (QED) is 0.437. The molecule has 2 aromatic rings. The summed E-state index contributed by atoms with van der Waals surface area (Å²) >= 11 is 3.48. The predicted octanol–water partition coefficient (Wildman–Crippen LogP) is 5.81. The van der Waals surface area contributed by atoms with E-state index in [0.717, 1.165) is 15.5 Å². The molecule has 0 spiro atoms. The van der Waals surface area contributed by atoms with Crippen molar-refractivity contribution in [2.24, 2.45) is 0 Å². The average molecular weight is 557 g/mol. The standard InChI is InChI=1S/C20H29BrF3N3O3SSi/c1-19(2,3)32(4,5)30-13-18-25-16-7-6-14(21)12-17(16)27(18)15-8-10-26(11-9-15)31(28,29)20(22,23)24/h6-7,12,15H,8-11,13H2,1-5H3. The van der Waals surface area contributed by atoms with Crippen molar-refractivity contribution in [3.8, 4) is 0 Å². The molecule has 1 aromatic carbocycles. The Balaban J connectivity index is 1.91. The monoisotopic (exact) mass is 555 g/mol. The van der Waals surface area contributed by atoms with E-state index in [-0.39, 0.29) is 37.0 Å². The second-order valence-electron chi connectivity index (χ2n) is 9.66. The second kappa shape index (κ2) is 8.68. The van der Waals surface area contributed by atoms with Gasteiger partial charge in [0.05, 0.1) is 17.6 Å². The van der Waals surface area contributed by atoms with Crippen molar-refractivity contribution in [3.63, 3.8) is 0 Å². The molecule has 3 rings (SSSR count). The molecule has 2 heterocycles. The van der Waals surface area contributed by atoms with E-state index in [0.29, 0.717) is 16.7 Å². The van der Waals surface area contributed by atoms with E-state index < -0.39 is 23.8 Å². The van der Waals surface area contributed by atoms with Crippen LogP contribution in [0.25, 0.3) is 11.0 Å². The Kier molecular flexibility index (Phi) is 6.96. The number of aromatic nitrogens is 2. The van der Waals surface area contributed by atoms with Gasteiger partial charge in [0, 0.05) is 23.6 Å². The Bertz CT molecular complexity index is 1090. The molecule has 1 aromatic heterocycles. The van der Waals surface area contributed by atoms with Crippen molar-refractivity contribution in [2.75, 3.05) is 13.1 Å². The summed E-state index contributed by atoms with van der Waals surface area (Å²) in [4.78, 5) is 4.75. The van der Waals surface area contributed by atoms with E-state index in [9.17, 15) is 21.6 Å². The van der Waals surface area contributed by atoms with Crippen molar-refractivity contribution in [1.29, 1.82) is 0 Å². The third kappa shape index (κ3) is 4.93. The van der Waals surface area contributed by atoms with Gasteiger partial charge in [-0.15, -0.1) is 0 Å². The van der Waals surface area contributed by atoms with Crippen LogP contribution in [0.1, 0.15) is 45.5 Å². The lowest BCUT2D eigenvalue weighted by Gasteiger charge is -2.36. The summed E-state index contributed by atoms with van der Waals surface area (Å²) in [5.74, 6) is 0.708. The van der Waals surface area contributed by atoms with Gasteiger partial charge >= 0.3 is 15.5 Å². The highest BCUT2D eigenvalue weighted by atomic mass is 79.9. The summed E-state index contributed by atoms with van der Waals surface area (Å²) in [6, 6.07) is 5.52. The summed E-state index contributed by atoms with van der Waals surface area (Å²) < 4.78 is 72.2. The third-order valence-electron chi connectivity index (χ3n) is 6.51. The maximum Gasteiger partial charge on any atom is 0.511 e. The van der Waals surface area contributed by atoms with E-state index in [1.54, 1.807) is 0 Å². The number of rotatable bonds is 5. The van der Waals surface area contributed by atoms with Gasteiger partial charge in [0.2, 0.25) is 0 Å². The number of imidazole rings is 1. The largest absolute Gasteiger partial charge is 0.511 e. The Morgan fingerprint density at radius 3 is 2.31 bits per heavy atom. The van der Waals surface area contributed by atoms with E-state index in [2.05, 4.69) is 49.8 Å². The summed E-state index contributed by atoms with van der Waals surface area (Å²) in [6.45, 7) is 10.7. The van der Waals surface area contributed by atoms with Crippen molar-refractivity contribution >= 4 is 45.3 Å². The van der Waals surface area contributed by atoms with Gasteiger partial charge in [-0.05, 0) is 49.2 Å². The molecular weight excluding hydrogens is 527 g/mol. The second-order valence-corrected chi connectivity index (χ2v) is 17.3. The lowest BCUT2D eigenvalue weighted by atomic mass is 10.1. The number of hydrogen-bond donors (Lipinski definition) is 0. The molecule has 1 aliphatic heterocycles. The van der Waals surface area contributed by atoms with Crippen LogP contribution in [-0.4, -0.2) is 49.2 Å². The first-order chi connectivity index (χ1) is 14.5. The maximum absolute atomic E-state index is 13.0. The van der Waals surface area contributed by atoms with Crippen LogP contribution >= 0.6 is 15.9 Å². The summed E-state index contributed by atoms with van der Waals surface area (Å²) in [6.07, 6.45) is 0.529. The molecule has 0 amide bonds. The number of sulfonamides is 1. The molecule has 0 N–H and O–H groups in total. The van der Waals surface area contributed by atoms with Crippen molar-refractivity contribution in [3.05, 3.63) is 28.5 Å². The number of fused-ring (bicyclic) bond motifs is 1. The number of piperidine rings is 1. The number of nitrogens with zero attached hydrogens (tertiary/aromatic N) is 3. The Labute approximate surface area is 196 Å². The van der Waals surface area contributed by atoms with E-state index in [1.807, 2.05) is 22.8 Å². The van der Waals surface area contributed by atoms with Crippen LogP contribution in [0.15, 0.2) is 22.7 Å². The van der Waals surface area contributed by atoms with Gasteiger partial charge in [-0.1, -0.05) is 36.7 Å². The van der Waals surface area contributed by atoms with Gasteiger partial charge in [-0.25, -0.2) is 13.4 Å². The average Bonchev–Trinajstić information content (AvgIpc) is 3.02. The Morgan fingerprint density at radius 1 is 1.19 bits per heavy atom. The molecule has 12 heteroatoms. The van der Waals surface area contributed by atoms with Crippen LogP contribution in [0.4, 0.5) is 13.2 Å². The molecule has 0 atom stereocenters. The van der Waals surface area contributed by atoms with Gasteiger partial charge in [-0.3, -0.25) is 0 Å². The van der Waals surface area contributed by atoms with Gasteiger partial charge < -0.3 is 8.99 Å². The van der Waals surface area contributed by atoms with Crippen LogP contribution < -0.4 is 0 Å². The third-order valence-corrected chi connectivity index (χ3v) is 13.1. The van der Waals surface area contributed by atoms with Crippen LogP contribution in [0.2, 0.25) is 18.1 Å². The van der Waals surface area contributed by atoms with Gasteiger partial charge in [0.25, 0.3) is 0 Å². The maximum atomic E-state index is 13.0. The highest BCUT2D eigenvalue weighted by Gasteiger charge is 2.50. The first-order valence-electron chi connectivity index (χ1n) is 10.4. The number of hydrogen-bond acceptors (Lipinski definition) is 4. The molecule has 1 aliphatic rings. The van der Waals surface area contributed by atoms with Crippen LogP contribution in [0, 0.1) is 0 Å². The number of halogens is 4. The summed E-state index contributed by atoms with van der Waals surface area (Å²) in [7, 11) is -7.37. The Hall–Kier alpha value is -0.953. The highest BCUT2D eigenvalue weighted by Crippen LogP contribution is 2.38. The molecule has 1 fully saturated rings. The molecule has 0 radical (unpaired) electrons. The molecule has 0 bridgehead atoms. The Morgan fingerprint density at radius 2 is 1.78 bits per heavy atom. The van der Waals surface area contributed by atoms with Crippen molar-refractivity contribution in [2.45, 2.75) is 69.9 Å². The van der Waals surface area contributed by atoms with Gasteiger partial charge in [0.15, 0.2) is 8.32 Å².